The number of β-amino-alcohol motifs (C(OH)–C–C–N with tert-alkyl or cyclic N) is 1. The Morgan fingerprint density at radius 1 is 1.04 bits per heavy atom. The van der Waals surface area contributed by atoms with Gasteiger partial charge < -0.3 is 50.4 Å². The van der Waals surface area contributed by atoms with Crippen LogP contribution in [0.2, 0.25) is 5.02 Å². The van der Waals surface area contributed by atoms with Crippen molar-refractivity contribution >= 4 is 74.7 Å². The lowest BCUT2D eigenvalue weighted by molar-refractivity contribution is -0.144. The Hall–Kier alpha value is -6.09. The van der Waals surface area contributed by atoms with Crippen molar-refractivity contribution in [2.75, 3.05) is 70.9 Å². The Labute approximate surface area is 403 Å². The van der Waals surface area contributed by atoms with E-state index < -0.39 is 41.2 Å². The summed E-state index contributed by atoms with van der Waals surface area (Å²) in [7, 11) is 3.36. The first-order chi connectivity index (χ1) is 32.5. The number of hydrogen-bond donors (Lipinski definition) is 5. The van der Waals surface area contributed by atoms with Crippen LogP contribution in [0.3, 0.4) is 0 Å². The standard InChI is InChI=1S/C48H57ClFN9O8S/c1-29-43(68-28-54-29)31-11-9-30(10-12-31)24-51-46(63)39-21-33(60)25-59(39)47(64)44(48(2,3)4)57-42(62)26-67-19-18-66-17-16-58(5)15-7-8-41(61)56-38-22-34-37(23-40(38)65-6)52-27-53-45(34)55-32-13-14-36(50)35(49)20-32/h7-14,20,22-23,27-28,33,39,44,60H,15-19,21,24-26H2,1-6H3,(H,51,63)(H,56,61)(H,57,62)(H,52,53,55)/b8-7+/t33-,39-,44?/m0/s1. The van der Waals surface area contributed by atoms with Gasteiger partial charge in [-0.05, 0) is 54.8 Å². The largest absolute Gasteiger partial charge is 0.494 e. The number of nitrogens with one attached hydrogen (secondary N) is 4. The summed E-state index contributed by atoms with van der Waals surface area (Å²) in [4.78, 5) is 70.7. The van der Waals surface area contributed by atoms with Crippen molar-refractivity contribution in [3.63, 3.8) is 0 Å². The van der Waals surface area contributed by atoms with Crippen LogP contribution < -0.4 is 26.0 Å². The molecule has 3 aromatic carbocycles. The lowest BCUT2D eigenvalue weighted by Gasteiger charge is -2.35. The minimum Gasteiger partial charge on any atom is -0.494 e. The number of thiazole rings is 1. The number of aryl methyl sites for hydroxylation is 1. The summed E-state index contributed by atoms with van der Waals surface area (Å²) in [6.07, 6.45) is 3.69. The van der Waals surface area contributed by atoms with Gasteiger partial charge in [0.15, 0.2) is 0 Å². The van der Waals surface area contributed by atoms with Gasteiger partial charge in [0.2, 0.25) is 23.6 Å². The van der Waals surface area contributed by atoms with Crippen LogP contribution in [0.1, 0.15) is 38.4 Å². The van der Waals surface area contributed by atoms with Crippen LogP contribution in [0.15, 0.2) is 78.6 Å². The first-order valence-electron chi connectivity index (χ1n) is 21.9. The number of likely N-dealkylation sites (tertiary alicyclic amines) is 1. The first-order valence-corrected chi connectivity index (χ1v) is 23.2. The average molecular weight is 975 g/mol. The normalized spacial score (nSPS) is 15.5. The van der Waals surface area contributed by atoms with Crippen LogP contribution in [0.25, 0.3) is 21.3 Å². The average Bonchev–Trinajstić information content (AvgIpc) is 3.92. The molecule has 17 nitrogen and oxygen atoms in total. The Kier molecular flexibility index (Phi) is 17.9. The number of aromatic nitrogens is 3. The zero-order valence-electron chi connectivity index (χ0n) is 38.8. The number of halogens is 2. The molecule has 4 amide bonds. The molecule has 0 spiro atoms. The summed E-state index contributed by atoms with van der Waals surface area (Å²) in [5.74, 6) is -1.48. The van der Waals surface area contributed by atoms with Crippen LogP contribution in [-0.4, -0.2) is 132 Å². The van der Waals surface area contributed by atoms with E-state index in [1.165, 1.54) is 42.6 Å². The fourth-order valence-corrected chi connectivity index (χ4v) is 8.35. The van der Waals surface area contributed by atoms with Crippen molar-refractivity contribution < 1.29 is 42.9 Å². The van der Waals surface area contributed by atoms with E-state index >= 15 is 0 Å². The van der Waals surface area contributed by atoms with Crippen LogP contribution in [-0.2, 0) is 35.2 Å². The highest BCUT2D eigenvalue weighted by Crippen LogP contribution is 2.34. The van der Waals surface area contributed by atoms with Crippen LogP contribution in [0, 0.1) is 18.2 Å². The number of anilines is 3. The molecule has 1 fully saturated rings. The number of amides is 4. The van der Waals surface area contributed by atoms with Gasteiger partial charge in [-0.3, -0.25) is 19.2 Å². The number of carbonyl (C=O) groups excluding carboxylic acids is 4. The van der Waals surface area contributed by atoms with E-state index in [0.717, 1.165) is 21.7 Å². The fraction of sp³-hybridized carbons (Fsp3) is 0.396. The van der Waals surface area contributed by atoms with Crippen molar-refractivity contribution in [2.45, 2.75) is 58.8 Å². The van der Waals surface area contributed by atoms with Crippen molar-refractivity contribution in [1.82, 2.24) is 35.4 Å². The molecule has 1 unspecified atom stereocenters. The number of carbonyl (C=O) groups is 4. The van der Waals surface area contributed by atoms with Crippen LogP contribution >= 0.6 is 22.9 Å². The smallest absolute Gasteiger partial charge is 0.248 e. The van der Waals surface area contributed by atoms with Gasteiger partial charge in [0.05, 0.1) is 65.3 Å². The zero-order chi connectivity index (χ0) is 49.0. The predicted molar refractivity (Wildman–Crippen MR) is 259 cm³/mol. The molecular formula is C48H57ClFN9O8S. The van der Waals surface area contributed by atoms with E-state index in [0.29, 0.717) is 53.5 Å². The summed E-state index contributed by atoms with van der Waals surface area (Å²) in [5, 5.41) is 22.7. The van der Waals surface area contributed by atoms with Crippen molar-refractivity contribution in [3.8, 4) is 16.2 Å². The number of nitrogens with zero attached hydrogens (tertiary/aromatic N) is 5. The second kappa shape index (κ2) is 23.8. The van der Waals surface area contributed by atoms with Gasteiger partial charge in [-0.1, -0.05) is 62.7 Å². The third kappa shape index (κ3) is 14.0. The number of likely N-dealkylation sites (N-methyl/N-ethyl adjacent to an activating group) is 1. The molecule has 0 bridgehead atoms. The highest BCUT2D eigenvalue weighted by molar-refractivity contribution is 7.13. The number of benzene rings is 3. The lowest BCUT2D eigenvalue weighted by Crippen LogP contribution is -2.58. The second-order valence-electron chi connectivity index (χ2n) is 17.3. The van der Waals surface area contributed by atoms with Gasteiger partial charge in [-0.15, -0.1) is 11.3 Å². The van der Waals surface area contributed by atoms with E-state index in [2.05, 4.69) is 36.2 Å². The van der Waals surface area contributed by atoms with Gasteiger partial charge >= 0.3 is 0 Å². The van der Waals surface area contributed by atoms with Gasteiger partial charge in [0.1, 0.15) is 42.4 Å². The van der Waals surface area contributed by atoms with E-state index in [9.17, 15) is 28.7 Å². The maximum Gasteiger partial charge on any atom is 0.248 e. The topological polar surface area (TPSA) is 209 Å². The third-order valence-electron chi connectivity index (χ3n) is 11.0. The molecule has 20 heteroatoms. The lowest BCUT2D eigenvalue weighted by atomic mass is 9.85. The van der Waals surface area contributed by atoms with E-state index in [4.69, 9.17) is 25.8 Å². The molecule has 1 aliphatic heterocycles. The number of methoxy groups -OCH3 is 1. The molecule has 6 rings (SSSR count). The Morgan fingerprint density at radius 2 is 1.81 bits per heavy atom. The predicted octanol–water partition coefficient (Wildman–Crippen LogP) is 5.88. The molecular weight excluding hydrogens is 917 g/mol. The minimum atomic E-state index is -0.989. The molecule has 5 aromatic rings. The van der Waals surface area contributed by atoms with Crippen molar-refractivity contribution in [1.29, 1.82) is 0 Å². The zero-order valence-corrected chi connectivity index (χ0v) is 40.4. The van der Waals surface area contributed by atoms with Crippen LogP contribution in [0.5, 0.6) is 5.75 Å². The number of ether oxygens (including phenoxy) is 3. The second-order valence-corrected chi connectivity index (χ2v) is 18.6. The van der Waals surface area contributed by atoms with Gasteiger partial charge in [0, 0.05) is 55.8 Å². The molecule has 3 atom stereocenters. The molecule has 0 aliphatic carbocycles. The Bertz CT molecular complexity index is 2590. The highest BCUT2D eigenvalue weighted by Gasteiger charge is 2.44. The molecule has 5 N–H and O–H groups in total. The summed E-state index contributed by atoms with van der Waals surface area (Å²) < 4.78 is 30.5. The maximum atomic E-state index is 14.0. The summed E-state index contributed by atoms with van der Waals surface area (Å²) in [6, 6.07) is 13.5. The maximum absolute atomic E-state index is 14.0. The number of hydrogen-bond acceptors (Lipinski definition) is 14. The van der Waals surface area contributed by atoms with E-state index in [-0.39, 0.29) is 56.2 Å². The summed E-state index contributed by atoms with van der Waals surface area (Å²) >= 11 is 7.52. The van der Waals surface area contributed by atoms with Gasteiger partial charge in [-0.2, -0.15) is 0 Å². The Morgan fingerprint density at radius 3 is 2.51 bits per heavy atom. The molecule has 0 saturated carbocycles. The van der Waals surface area contributed by atoms with Crippen LogP contribution in [0.4, 0.5) is 21.6 Å². The minimum absolute atomic E-state index is 0.0338. The van der Waals surface area contributed by atoms with E-state index in [1.807, 2.05) is 63.9 Å². The molecule has 1 saturated heterocycles. The molecule has 2 aromatic heterocycles. The molecule has 362 valence electrons. The molecule has 3 heterocycles. The number of fused-ring (bicyclic) bond motifs is 1. The third-order valence-corrected chi connectivity index (χ3v) is 12.3. The van der Waals surface area contributed by atoms with Gasteiger partial charge in [0.25, 0.3) is 0 Å². The number of rotatable bonds is 21. The van der Waals surface area contributed by atoms with E-state index in [1.54, 1.807) is 35.1 Å². The monoisotopic (exact) mass is 973 g/mol. The SMILES string of the molecule is COc1cc2ncnc(Nc3ccc(F)c(Cl)c3)c2cc1NC(=O)/C=C/CN(C)CCOCCOCC(=O)NC(C(=O)N1C[C@@H](O)C[C@H]1C(=O)NCc1ccc(-c2scnc2C)cc1)C(C)(C)C. The molecule has 1 aliphatic rings. The highest BCUT2D eigenvalue weighted by atomic mass is 35.5. The van der Waals surface area contributed by atoms with Gasteiger partial charge in [-0.25, -0.2) is 19.3 Å². The van der Waals surface area contributed by atoms with Crippen molar-refractivity contribution in [2.24, 2.45) is 5.41 Å². The fourth-order valence-electron chi connectivity index (χ4n) is 7.35. The first kappa shape index (κ1) is 51.3. The Balaban J connectivity index is 0.892. The number of aliphatic hydroxyl groups is 1. The molecule has 0 radical (unpaired) electrons. The summed E-state index contributed by atoms with van der Waals surface area (Å²) in [6.45, 7) is 8.99. The van der Waals surface area contributed by atoms with Crippen molar-refractivity contribution in [3.05, 3.63) is 101 Å². The number of aliphatic hydroxyl groups excluding tert-OH is 1. The molecule has 68 heavy (non-hydrogen) atoms. The summed E-state index contributed by atoms with van der Waals surface area (Å²) in [5.41, 5.74) is 5.42. The quantitative estimate of drug-likeness (QED) is 0.0431.